The second-order valence-electron chi connectivity index (χ2n) is 10.1. The molecule has 186 valence electrons. The number of aromatic nitrogens is 1. The highest BCUT2D eigenvalue weighted by Crippen LogP contribution is 2.40. The van der Waals surface area contributed by atoms with Gasteiger partial charge in [-0.1, -0.05) is 18.2 Å². The highest BCUT2D eigenvalue weighted by atomic mass is 32.1. The number of hydrogen-bond donors (Lipinski definition) is 0. The van der Waals surface area contributed by atoms with Crippen LogP contribution in [0.3, 0.4) is 0 Å². The number of thiazole rings is 1. The molecule has 0 aliphatic heterocycles. The van der Waals surface area contributed by atoms with E-state index in [9.17, 15) is 10.1 Å². The minimum atomic E-state index is -0.564. The standard InChI is InChI=1S/C29H31N3O3S/c1-18(2)34-25-13-12-19(14-21(25)15-30)27-31-17-26(36-27)24-11-7-9-22-20(8-6-10-23(22)24)16-32-28(33)35-29(3,4)5/h7,9,11-14,16-18,20H,6,8,10H2,1-5H3/b32-16+. The first-order valence-corrected chi connectivity index (χ1v) is 13.0. The number of carbonyl (C=O) groups excluding carboxylic acids is 1. The van der Waals surface area contributed by atoms with Gasteiger partial charge in [-0.2, -0.15) is 10.3 Å². The molecule has 36 heavy (non-hydrogen) atoms. The summed E-state index contributed by atoms with van der Waals surface area (Å²) in [6, 6.07) is 14.2. The molecule has 1 atom stereocenters. The molecular formula is C29H31N3O3S. The van der Waals surface area contributed by atoms with Crippen LogP contribution in [0.5, 0.6) is 5.75 Å². The maximum Gasteiger partial charge on any atom is 0.433 e. The monoisotopic (exact) mass is 501 g/mol. The SMILES string of the molecule is CC(C)Oc1ccc(-c2ncc(-c3cccc4c3CCCC4/C=N/C(=O)OC(C)(C)C)s2)cc1C#N. The van der Waals surface area contributed by atoms with Crippen molar-refractivity contribution in [3.05, 3.63) is 59.3 Å². The van der Waals surface area contributed by atoms with Crippen molar-refractivity contribution in [2.24, 2.45) is 4.99 Å². The quantitative estimate of drug-likeness (QED) is 0.337. The van der Waals surface area contributed by atoms with Crippen LogP contribution in [0.2, 0.25) is 0 Å². The molecule has 0 fully saturated rings. The van der Waals surface area contributed by atoms with E-state index in [0.29, 0.717) is 11.3 Å². The molecule has 0 bridgehead atoms. The third kappa shape index (κ3) is 6.00. The normalized spacial score (nSPS) is 15.5. The molecule has 4 rings (SSSR count). The van der Waals surface area contributed by atoms with Crippen LogP contribution < -0.4 is 4.74 Å². The molecule has 1 aliphatic carbocycles. The molecule has 3 aromatic rings. The van der Waals surface area contributed by atoms with Crippen molar-refractivity contribution in [3.8, 4) is 32.8 Å². The number of fused-ring (bicyclic) bond motifs is 1. The Morgan fingerprint density at radius 1 is 1.28 bits per heavy atom. The first-order valence-electron chi connectivity index (χ1n) is 12.2. The average Bonchev–Trinajstić information content (AvgIpc) is 3.31. The molecule has 2 aromatic carbocycles. The molecule has 6 nitrogen and oxygen atoms in total. The van der Waals surface area contributed by atoms with Gasteiger partial charge in [-0.25, -0.2) is 9.78 Å². The lowest BCUT2D eigenvalue weighted by molar-refractivity contribution is 0.0604. The predicted octanol–water partition coefficient (Wildman–Crippen LogP) is 7.56. The smallest absolute Gasteiger partial charge is 0.433 e. The maximum atomic E-state index is 12.1. The zero-order valence-corrected chi connectivity index (χ0v) is 22.2. The molecule has 0 N–H and O–H groups in total. The van der Waals surface area contributed by atoms with Crippen LogP contribution in [0.1, 0.15) is 70.1 Å². The molecule has 1 amide bonds. The van der Waals surface area contributed by atoms with E-state index in [2.05, 4.69) is 34.2 Å². The first-order chi connectivity index (χ1) is 17.1. The Morgan fingerprint density at radius 3 is 2.81 bits per heavy atom. The van der Waals surface area contributed by atoms with E-state index in [0.717, 1.165) is 40.3 Å². The van der Waals surface area contributed by atoms with E-state index >= 15 is 0 Å². The lowest BCUT2D eigenvalue weighted by Gasteiger charge is -2.24. The van der Waals surface area contributed by atoms with E-state index < -0.39 is 11.7 Å². The van der Waals surface area contributed by atoms with Gasteiger partial charge >= 0.3 is 6.09 Å². The molecule has 1 heterocycles. The summed E-state index contributed by atoms with van der Waals surface area (Å²) in [5, 5.41) is 10.4. The number of nitrogens with zero attached hydrogens (tertiary/aromatic N) is 3. The van der Waals surface area contributed by atoms with Crippen LogP contribution in [0.25, 0.3) is 21.0 Å². The minimum Gasteiger partial charge on any atom is -0.490 e. The molecule has 0 spiro atoms. The first kappa shape index (κ1) is 25.6. The van der Waals surface area contributed by atoms with Crippen LogP contribution in [0.4, 0.5) is 4.79 Å². The van der Waals surface area contributed by atoms with Crippen molar-refractivity contribution >= 4 is 23.6 Å². The summed E-state index contributed by atoms with van der Waals surface area (Å²) in [4.78, 5) is 21.9. The Kier molecular flexibility index (Phi) is 7.56. The van der Waals surface area contributed by atoms with Gasteiger partial charge in [0.05, 0.1) is 16.5 Å². The molecular weight excluding hydrogens is 470 g/mol. The summed E-state index contributed by atoms with van der Waals surface area (Å²) in [7, 11) is 0. The fourth-order valence-electron chi connectivity index (χ4n) is 4.35. The van der Waals surface area contributed by atoms with E-state index in [1.165, 1.54) is 11.1 Å². The van der Waals surface area contributed by atoms with Crippen molar-refractivity contribution in [2.75, 3.05) is 0 Å². The summed E-state index contributed by atoms with van der Waals surface area (Å²) in [5.41, 5.74) is 4.46. The topological polar surface area (TPSA) is 84.6 Å². The van der Waals surface area contributed by atoms with Crippen molar-refractivity contribution in [3.63, 3.8) is 0 Å². The number of ether oxygens (including phenoxy) is 2. The number of carbonyl (C=O) groups is 1. The summed E-state index contributed by atoms with van der Waals surface area (Å²) < 4.78 is 11.1. The fraction of sp³-hybridized carbons (Fsp3) is 0.379. The van der Waals surface area contributed by atoms with Gasteiger partial charge in [-0.05, 0) is 88.8 Å². The lowest BCUT2D eigenvalue weighted by Crippen LogP contribution is -2.22. The van der Waals surface area contributed by atoms with Gasteiger partial charge in [0, 0.05) is 23.9 Å². The highest BCUT2D eigenvalue weighted by molar-refractivity contribution is 7.18. The fourth-order valence-corrected chi connectivity index (χ4v) is 5.31. The van der Waals surface area contributed by atoms with Crippen LogP contribution in [0.15, 0.2) is 47.6 Å². The van der Waals surface area contributed by atoms with Crippen molar-refractivity contribution in [2.45, 2.75) is 71.5 Å². The summed E-state index contributed by atoms with van der Waals surface area (Å²) in [6.45, 7) is 9.38. The second kappa shape index (κ2) is 10.6. The second-order valence-corrected chi connectivity index (χ2v) is 11.2. The molecule has 0 radical (unpaired) electrons. The van der Waals surface area contributed by atoms with E-state index in [1.807, 2.05) is 59.0 Å². The Hall–Kier alpha value is -3.50. The number of amides is 1. The number of rotatable bonds is 5. The summed E-state index contributed by atoms with van der Waals surface area (Å²) in [6.07, 6.45) is 6.00. The zero-order valence-electron chi connectivity index (χ0n) is 21.4. The number of aliphatic imine (C=N–C) groups is 1. The largest absolute Gasteiger partial charge is 0.490 e. The van der Waals surface area contributed by atoms with Gasteiger partial charge in [0.1, 0.15) is 22.4 Å². The van der Waals surface area contributed by atoms with Crippen molar-refractivity contribution < 1.29 is 14.3 Å². The highest BCUT2D eigenvalue weighted by Gasteiger charge is 2.23. The Bertz CT molecular complexity index is 1330. The van der Waals surface area contributed by atoms with Crippen LogP contribution in [-0.2, 0) is 11.2 Å². The Morgan fingerprint density at radius 2 is 2.08 bits per heavy atom. The maximum absolute atomic E-state index is 12.1. The molecule has 0 saturated carbocycles. The van der Waals surface area contributed by atoms with E-state index in [4.69, 9.17) is 9.47 Å². The van der Waals surface area contributed by atoms with Gasteiger partial charge in [0.2, 0.25) is 0 Å². The van der Waals surface area contributed by atoms with Gasteiger partial charge in [0.25, 0.3) is 0 Å². The third-order valence-corrected chi connectivity index (χ3v) is 6.87. The minimum absolute atomic E-state index is 0.00307. The van der Waals surface area contributed by atoms with Crippen LogP contribution in [0, 0.1) is 11.3 Å². The van der Waals surface area contributed by atoms with Gasteiger partial charge in [-0.15, -0.1) is 11.3 Å². The average molecular weight is 502 g/mol. The molecule has 1 unspecified atom stereocenters. The predicted molar refractivity (Wildman–Crippen MR) is 144 cm³/mol. The van der Waals surface area contributed by atoms with E-state index in [-0.39, 0.29) is 12.0 Å². The van der Waals surface area contributed by atoms with Crippen molar-refractivity contribution in [1.82, 2.24) is 4.98 Å². The number of benzene rings is 2. The molecule has 0 saturated heterocycles. The third-order valence-electron chi connectivity index (χ3n) is 5.79. The zero-order chi connectivity index (χ0) is 25.9. The molecule has 7 heteroatoms. The number of nitriles is 1. The van der Waals surface area contributed by atoms with Crippen molar-refractivity contribution in [1.29, 1.82) is 5.26 Å². The number of hydrogen-bond acceptors (Lipinski definition) is 6. The van der Waals surface area contributed by atoms with E-state index in [1.54, 1.807) is 17.6 Å². The summed E-state index contributed by atoms with van der Waals surface area (Å²) in [5.74, 6) is 0.657. The molecule has 1 aliphatic rings. The molecule has 1 aromatic heterocycles. The van der Waals surface area contributed by atoms with Crippen LogP contribution in [-0.4, -0.2) is 29.0 Å². The Labute approximate surface area is 216 Å². The van der Waals surface area contributed by atoms with Crippen LogP contribution >= 0.6 is 11.3 Å². The van der Waals surface area contributed by atoms with Gasteiger partial charge in [-0.3, -0.25) is 0 Å². The lowest BCUT2D eigenvalue weighted by atomic mass is 9.81. The Balaban J connectivity index is 1.61. The summed E-state index contributed by atoms with van der Waals surface area (Å²) >= 11 is 1.61. The van der Waals surface area contributed by atoms with Gasteiger partial charge in [0.15, 0.2) is 0 Å². The van der Waals surface area contributed by atoms with Gasteiger partial charge < -0.3 is 9.47 Å².